The summed E-state index contributed by atoms with van der Waals surface area (Å²) in [5, 5.41) is 2.78. The minimum atomic E-state index is -0.0561. The Morgan fingerprint density at radius 3 is 2.61 bits per heavy atom. The molecule has 0 aliphatic carbocycles. The third-order valence-corrected chi connectivity index (χ3v) is 2.87. The van der Waals surface area contributed by atoms with E-state index in [1.54, 1.807) is 19.1 Å². The Morgan fingerprint density at radius 2 is 2.17 bits per heavy atom. The molecule has 6 nitrogen and oxygen atoms in total. The van der Waals surface area contributed by atoms with Gasteiger partial charge in [-0.2, -0.15) is 0 Å². The molecule has 1 aromatic carbocycles. The van der Waals surface area contributed by atoms with Crippen molar-refractivity contribution in [3.63, 3.8) is 0 Å². The number of nitrogen functional groups attached to an aromatic ring is 1. The monoisotopic (exact) mass is 432 g/mol. The van der Waals surface area contributed by atoms with Crippen molar-refractivity contribution in [2.75, 3.05) is 26.4 Å². The van der Waals surface area contributed by atoms with Gasteiger partial charge in [0.25, 0.3) is 0 Å². The van der Waals surface area contributed by atoms with Crippen LogP contribution in [-0.2, 0) is 23.2 Å². The quantitative estimate of drug-likeness (QED) is 0.679. The Hall–Kier alpha value is -1.42. The van der Waals surface area contributed by atoms with Crippen LogP contribution in [0.3, 0.4) is 0 Å². The molecule has 0 radical (unpaired) electrons. The van der Waals surface area contributed by atoms with Crippen molar-refractivity contribution in [1.82, 2.24) is 10.2 Å². The summed E-state index contributed by atoms with van der Waals surface area (Å²) in [5.41, 5.74) is 7.43. The predicted molar refractivity (Wildman–Crippen MR) is 62.0 cm³/mol. The molecule has 1 saturated heterocycles. The van der Waals surface area contributed by atoms with Gasteiger partial charge < -0.3 is 20.7 Å². The summed E-state index contributed by atoms with van der Waals surface area (Å²) in [7, 11) is 3.35. The molecule has 102 valence electrons. The molecule has 7 heteroatoms. The number of methoxy groups -OCH3 is 1. The van der Waals surface area contributed by atoms with Gasteiger partial charge in [-0.15, -0.1) is 0 Å². The molecule has 2 rings (SSSR count). The van der Waals surface area contributed by atoms with Crippen LogP contribution in [0.4, 0.5) is 10.5 Å². The summed E-state index contributed by atoms with van der Waals surface area (Å²) >= 11 is 0.889. The molecule has 1 aromatic rings. The molecule has 0 saturated carbocycles. The molecule has 2 amide bonds. The second-order valence-corrected chi connectivity index (χ2v) is 3.81. The van der Waals surface area contributed by atoms with Crippen molar-refractivity contribution in [1.29, 1.82) is 0 Å². The molecular weight excluding hydrogens is 417 g/mol. The number of anilines is 1. The fraction of sp³-hybridized carbons (Fsp3) is 0.364. The van der Waals surface area contributed by atoms with E-state index in [2.05, 4.69) is 5.32 Å². The third-order valence-electron chi connectivity index (χ3n) is 2.87. The molecular formula is C11H15N3O3Pt. The van der Waals surface area contributed by atoms with E-state index in [4.69, 9.17) is 13.9 Å². The second-order valence-electron chi connectivity index (χ2n) is 3.81. The van der Waals surface area contributed by atoms with E-state index in [0.717, 1.165) is 25.3 Å². The van der Waals surface area contributed by atoms with E-state index < -0.39 is 0 Å². The first-order valence-electron chi connectivity index (χ1n) is 5.20. The van der Waals surface area contributed by atoms with Gasteiger partial charge in [-0.25, -0.2) is 4.79 Å². The van der Waals surface area contributed by atoms with Gasteiger partial charge >= 0.3 is 29.2 Å². The van der Waals surface area contributed by atoms with Gasteiger partial charge in [-0.1, -0.05) is 6.07 Å². The average molecular weight is 432 g/mol. The molecule has 1 fully saturated rings. The number of carbonyl (C=O) groups excluding carboxylic acids is 1. The van der Waals surface area contributed by atoms with E-state index >= 15 is 0 Å². The number of benzene rings is 1. The molecule has 1 aliphatic rings. The number of nitrogens with one attached hydrogen (secondary N) is 1. The van der Waals surface area contributed by atoms with Gasteiger partial charge in [0.05, 0.1) is 18.8 Å². The van der Waals surface area contributed by atoms with Crippen LogP contribution >= 0.6 is 0 Å². The zero-order chi connectivity index (χ0) is 13.7. The standard InChI is InChI=1S/C11H15N3O2.O.Pt/c1-14-9(6-13-11(14)15)7-3-4-10(16-2)8(12)5-7;;/h3-5,9H,6,12H2,1-2H3,(H,13,15);;. The molecule has 1 atom stereocenters. The topological polar surface area (TPSA) is 84.7 Å². The van der Waals surface area contributed by atoms with Crippen LogP contribution in [0, 0.1) is 0 Å². The van der Waals surface area contributed by atoms with Crippen molar-refractivity contribution >= 4 is 11.7 Å². The first-order chi connectivity index (χ1) is 8.63. The normalized spacial score (nSPS) is 17.9. The Bertz CT molecular complexity index is 442. The van der Waals surface area contributed by atoms with Crippen LogP contribution in [-0.4, -0.2) is 31.6 Å². The zero-order valence-electron chi connectivity index (χ0n) is 10.1. The summed E-state index contributed by atoms with van der Waals surface area (Å²) in [5.74, 6) is 0.656. The van der Waals surface area contributed by atoms with Crippen LogP contribution < -0.4 is 15.8 Å². The van der Waals surface area contributed by atoms with Crippen LogP contribution in [0.2, 0.25) is 0 Å². The van der Waals surface area contributed by atoms with E-state index in [-0.39, 0.29) is 12.1 Å². The third kappa shape index (κ3) is 2.87. The Morgan fingerprint density at radius 1 is 1.50 bits per heavy atom. The van der Waals surface area contributed by atoms with Crippen molar-refractivity contribution in [2.45, 2.75) is 6.04 Å². The predicted octanol–water partition coefficient (Wildman–Crippen LogP) is 0.852. The van der Waals surface area contributed by atoms with Gasteiger partial charge in [0.15, 0.2) is 0 Å². The minimum absolute atomic E-state index is 0.0423. The number of amides is 2. The summed E-state index contributed by atoms with van der Waals surface area (Å²) in [6.07, 6.45) is 0. The summed E-state index contributed by atoms with van der Waals surface area (Å²) < 4.78 is 13.3. The summed E-state index contributed by atoms with van der Waals surface area (Å²) in [4.78, 5) is 13.0. The molecule has 1 aliphatic heterocycles. The van der Waals surface area contributed by atoms with E-state index in [0.29, 0.717) is 18.0 Å². The van der Waals surface area contributed by atoms with Gasteiger partial charge in [-0.05, 0) is 17.7 Å². The molecule has 3 N–H and O–H groups in total. The second kappa shape index (κ2) is 6.49. The summed E-state index contributed by atoms with van der Waals surface area (Å²) in [6, 6.07) is 5.58. The van der Waals surface area contributed by atoms with Gasteiger partial charge in [0, 0.05) is 13.6 Å². The zero-order valence-corrected chi connectivity index (χ0v) is 12.4. The number of nitrogens with two attached hydrogens (primary N) is 1. The van der Waals surface area contributed by atoms with Crippen molar-refractivity contribution < 1.29 is 32.7 Å². The molecule has 18 heavy (non-hydrogen) atoms. The van der Waals surface area contributed by atoms with Crippen LogP contribution in [0.15, 0.2) is 18.2 Å². The fourth-order valence-electron chi connectivity index (χ4n) is 1.89. The number of likely N-dealkylation sites (N-methyl/N-ethyl adjacent to an activating group) is 1. The number of nitrogens with zero attached hydrogens (tertiary/aromatic N) is 1. The first kappa shape index (κ1) is 14.6. The van der Waals surface area contributed by atoms with Crippen molar-refractivity contribution in [3.8, 4) is 5.75 Å². The number of rotatable bonds is 2. The number of urea groups is 1. The van der Waals surface area contributed by atoms with Gasteiger partial charge in [0.2, 0.25) is 0 Å². The van der Waals surface area contributed by atoms with E-state index in [9.17, 15) is 4.79 Å². The van der Waals surface area contributed by atoms with Crippen LogP contribution in [0.5, 0.6) is 5.75 Å². The van der Waals surface area contributed by atoms with Gasteiger partial charge in [0.1, 0.15) is 5.75 Å². The molecule has 1 heterocycles. The van der Waals surface area contributed by atoms with Crippen LogP contribution in [0.1, 0.15) is 11.6 Å². The first-order valence-corrected chi connectivity index (χ1v) is 6.13. The molecule has 0 bridgehead atoms. The summed E-state index contributed by atoms with van der Waals surface area (Å²) in [6.45, 7) is 0.612. The van der Waals surface area contributed by atoms with E-state index in [1.807, 2.05) is 18.2 Å². The molecule has 1 unspecified atom stereocenters. The van der Waals surface area contributed by atoms with Gasteiger partial charge in [-0.3, -0.25) is 0 Å². The number of hydrogen-bond donors (Lipinski definition) is 2. The number of hydrogen-bond acceptors (Lipinski definition) is 4. The maximum absolute atomic E-state index is 11.3. The fourth-order valence-corrected chi connectivity index (χ4v) is 1.89. The average Bonchev–Trinajstić information content (AvgIpc) is 2.72. The Labute approximate surface area is 117 Å². The van der Waals surface area contributed by atoms with Crippen LogP contribution in [0.25, 0.3) is 0 Å². The molecule has 0 aromatic heterocycles. The molecule has 0 spiro atoms. The maximum atomic E-state index is 11.3. The Kier molecular flexibility index (Phi) is 5.28. The number of carbonyl (C=O) groups is 1. The van der Waals surface area contributed by atoms with Crippen molar-refractivity contribution in [2.24, 2.45) is 0 Å². The number of ether oxygens (including phenoxy) is 1. The Balaban J connectivity index is 0.000000771. The van der Waals surface area contributed by atoms with E-state index in [1.165, 1.54) is 0 Å². The SMILES string of the molecule is COc1ccc(C2CNC(=O)N2C)cc1N.[O]=[Pt]. The van der Waals surface area contributed by atoms with Crippen molar-refractivity contribution in [3.05, 3.63) is 23.8 Å².